The van der Waals surface area contributed by atoms with Gasteiger partial charge in [0.05, 0.1) is 0 Å². The Morgan fingerprint density at radius 2 is 2.17 bits per heavy atom. The van der Waals surface area contributed by atoms with Crippen LogP contribution in [-0.2, 0) is 17.1 Å². The summed E-state index contributed by atoms with van der Waals surface area (Å²) in [5.41, 5.74) is 0. The summed E-state index contributed by atoms with van der Waals surface area (Å²) in [6, 6.07) is 0. The first-order valence-corrected chi connectivity index (χ1v) is 6.40. The second-order valence-electron chi connectivity index (χ2n) is 2.75. The van der Waals surface area contributed by atoms with Gasteiger partial charge in [-0.05, 0) is 0 Å². The van der Waals surface area contributed by atoms with Crippen molar-refractivity contribution in [2.75, 3.05) is 0 Å². The molecule has 0 heterocycles. The van der Waals surface area contributed by atoms with Gasteiger partial charge in [0.2, 0.25) is 0 Å². The Morgan fingerprint density at radius 3 is 3.00 bits per heavy atom. The van der Waals surface area contributed by atoms with Crippen molar-refractivity contribution in [1.82, 2.24) is 0 Å². The quantitative estimate of drug-likeness (QED) is 0.530. The fourth-order valence-corrected chi connectivity index (χ4v) is 2.79. The summed E-state index contributed by atoms with van der Waals surface area (Å²) in [7, 11) is 0. The van der Waals surface area contributed by atoms with Gasteiger partial charge in [0.25, 0.3) is 0 Å². The molecule has 0 saturated heterocycles. The van der Waals surface area contributed by atoms with E-state index >= 15 is 0 Å². The topological polar surface area (TPSA) is 0 Å². The molecule has 0 atom stereocenters. The summed E-state index contributed by atoms with van der Waals surface area (Å²) in [5.74, 6) is 0. The molecule has 0 radical (unpaired) electrons. The van der Waals surface area contributed by atoms with Crippen molar-refractivity contribution >= 4 is 0 Å². The number of hydrogen-bond acceptors (Lipinski definition) is 0. The molecule has 0 amide bonds. The minimum atomic E-state index is 0.624. The molecule has 12 heavy (non-hydrogen) atoms. The van der Waals surface area contributed by atoms with Crippen molar-refractivity contribution in [1.29, 1.82) is 0 Å². The van der Waals surface area contributed by atoms with Crippen LogP contribution >= 0.6 is 0 Å². The van der Waals surface area contributed by atoms with Gasteiger partial charge in [0, 0.05) is 0 Å². The third-order valence-corrected chi connectivity index (χ3v) is 4.01. The number of rotatable bonds is 3. The molecular weight excluding hydrogens is 235 g/mol. The predicted octanol–water partition coefficient (Wildman–Crippen LogP) is 3.69. The Morgan fingerprint density at radius 1 is 1.33 bits per heavy atom. The van der Waals surface area contributed by atoms with Crippen molar-refractivity contribution < 1.29 is 17.1 Å². The molecule has 1 aliphatic carbocycles. The van der Waals surface area contributed by atoms with Crippen molar-refractivity contribution in [3.05, 3.63) is 35.1 Å². The molecule has 1 rings (SSSR count). The molecule has 69 valence electrons. The predicted molar refractivity (Wildman–Crippen MR) is 50.7 cm³/mol. The summed E-state index contributed by atoms with van der Waals surface area (Å²) in [6.45, 7) is 3.76. The van der Waals surface area contributed by atoms with E-state index in [0.29, 0.717) is 17.1 Å². The van der Waals surface area contributed by atoms with Crippen LogP contribution in [0.5, 0.6) is 0 Å². The summed E-state index contributed by atoms with van der Waals surface area (Å²) in [4.78, 5) is 0. The molecule has 0 bridgehead atoms. The van der Waals surface area contributed by atoms with E-state index in [2.05, 4.69) is 24.8 Å². The number of allylic oxidation sites excluding steroid dienone is 5. The Balaban J connectivity index is 2.34. The van der Waals surface area contributed by atoms with Crippen molar-refractivity contribution in [3.8, 4) is 0 Å². The van der Waals surface area contributed by atoms with Gasteiger partial charge in [-0.3, -0.25) is 0 Å². The van der Waals surface area contributed by atoms with Crippen LogP contribution in [0.25, 0.3) is 0 Å². The Bertz CT molecular complexity index is 185. The average Bonchev–Trinajstić information content (AvgIpc) is 2.02. The van der Waals surface area contributed by atoms with Crippen LogP contribution in [0, 0.1) is 0 Å². The first-order valence-electron chi connectivity index (χ1n) is 4.42. The Hall–Kier alpha value is -0.157. The summed E-state index contributed by atoms with van der Waals surface area (Å²) >= 11 is 0.624. The normalized spacial score (nSPS) is 18.2. The van der Waals surface area contributed by atoms with E-state index in [1.165, 1.54) is 30.7 Å². The van der Waals surface area contributed by atoms with E-state index in [9.17, 15) is 0 Å². The molecule has 0 saturated carbocycles. The standard InChI is InChI=1S/C8H11.C3H5.Rh/c1-2-4-6-8-7-5-3-1;1-3-2;/h1-2,7H,3-6H2;3H,1-2H2;. The fourth-order valence-electron chi connectivity index (χ4n) is 1.12. The summed E-state index contributed by atoms with van der Waals surface area (Å²) < 4.78 is 1.69. The van der Waals surface area contributed by atoms with Crippen LogP contribution in [0.2, 0.25) is 5.02 Å². The van der Waals surface area contributed by atoms with E-state index in [1.54, 1.807) is 4.17 Å². The van der Waals surface area contributed by atoms with Crippen LogP contribution in [0.1, 0.15) is 25.7 Å². The van der Waals surface area contributed by atoms with Crippen molar-refractivity contribution in [2.45, 2.75) is 30.7 Å². The first kappa shape index (κ1) is 9.93. The number of hydrogen-bond donors (Lipinski definition) is 0. The maximum atomic E-state index is 3.76. The van der Waals surface area contributed by atoms with Crippen LogP contribution in [-0.4, -0.2) is 0 Å². The molecule has 0 unspecified atom stereocenters. The van der Waals surface area contributed by atoms with Gasteiger partial charge in [-0.1, -0.05) is 0 Å². The minimum absolute atomic E-state index is 0.624. The molecule has 0 aromatic carbocycles. The molecule has 0 fully saturated rings. The zero-order chi connectivity index (χ0) is 8.65. The van der Waals surface area contributed by atoms with E-state index in [-0.39, 0.29) is 0 Å². The molecule has 0 aromatic heterocycles. The first-order chi connectivity index (χ1) is 5.93. The average molecular weight is 251 g/mol. The molecule has 0 N–H and O–H groups in total. The zero-order valence-corrected chi connectivity index (χ0v) is 9.02. The van der Waals surface area contributed by atoms with Crippen molar-refractivity contribution in [2.24, 2.45) is 0 Å². The molecular formula is C11H16Rh. The van der Waals surface area contributed by atoms with Gasteiger partial charge < -0.3 is 0 Å². The van der Waals surface area contributed by atoms with Gasteiger partial charge in [-0.25, -0.2) is 0 Å². The van der Waals surface area contributed by atoms with E-state index < -0.39 is 0 Å². The molecule has 0 spiro atoms. The summed E-state index contributed by atoms with van der Waals surface area (Å²) in [6.07, 6.45) is 14.1. The third-order valence-electron chi connectivity index (χ3n) is 1.71. The van der Waals surface area contributed by atoms with Gasteiger partial charge in [-0.15, -0.1) is 0 Å². The monoisotopic (exact) mass is 251 g/mol. The van der Waals surface area contributed by atoms with Gasteiger partial charge in [0.15, 0.2) is 0 Å². The van der Waals surface area contributed by atoms with Gasteiger partial charge >= 0.3 is 82.9 Å². The van der Waals surface area contributed by atoms with Crippen LogP contribution in [0.3, 0.4) is 0 Å². The SMILES string of the molecule is C=C[CH2][Rh][C]1=CCCC=CCC1. The Labute approximate surface area is 83.0 Å². The Kier molecular flexibility index (Phi) is 5.27. The second-order valence-corrected chi connectivity index (χ2v) is 5.05. The van der Waals surface area contributed by atoms with Crippen LogP contribution in [0.4, 0.5) is 0 Å². The van der Waals surface area contributed by atoms with Crippen LogP contribution in [0.15, 0.2) is 35.1 Å². The zero-order valence-electron chi connectivity index (χ0n) is 7.39. The molecule has 0 aromatic rings. The van der Waals surface area contributed by atoms with Crippen LogP contribution < -0.4 is 0 Å². The molecule has 1 aliphatic rings. The van der Waals surface area contributed by atoms with E-state index in [1.807, 2.05) is 6.08 Å². The second kappa shape index (κ2) is 6.37. The maximum absolute atomic E-state index is 3.76. The van der Waals surface area contributed by atoms with Gasteiger partial charge in [-0.2, -0.15) is 0 Å². The molecule has 0 nitrogen and oxygen atoms in total. The molecule has 1 heteroatoms. The van der Waals surface area contributed by atoms with E-state index in [0.717, 1.165) is 0 Å². The van der Waals surface area contributed by atoms with Crippen molar-refractivity contribution in [3.63, 3.8) is 0 Å². The molecule has 0 aliphatic heterocycles. The third kappa shape index (κ3) is 4.02. The van der Waals surface area contributed by atoms with Gasteiger partial charge in [0.1, 0.15) is 0 Å². The summed E-state index contributed by atoms with van der Waals surface area (Å²) in [5, 5.41) is 1.20. The fraction of sp³-hybridized carbons (Fsp3) is 0.455. The van der Waals surface area contributed by atoms with E-state index in [4.69, 9.17) is 0 Å².